The molecule has 3 N–H and O–H groups in total. The van der Waals surface area contributed by atoms with Crippen LogP contribution in [-0.2, 0) is 21.7 Å². The quantitative estimate of drug-likeness (QED) is 0.791. The predicted molar refractivity (Wildman–Crippen MR) is 112 cm³/mol. The summed E-state index contributed by atoms with van der Waals surface area (Å²) in [4.78, 5) is 26.1. The van der Waals surface area contributed by atoms with E-state index in [1.807, 2.05) is 68.4 Å². The molecule has 0 saturated heterocycles. The molecule has 0 saturated carbocycles. The molecule has 146 valence electrons. The van der Waals surface area contributed by atoms with Gasteiger partial charge in [-0.3, -0.25) is 9.59 Å². The number of anilines is 1. The Morgan fingerprint density at radius 1 is 1.07 bits per heavy atom. The molecule has 0 heterocycles. The van der Waals surface area contributed by atoms with Crippen molar-refractivity contribution in [2.45, 2.75) is 45.8 Å². The third-order valence-electron chi connectivity index (χ3n) is 4.44. The average molecular weight is 390 g/mol. The second-order valence-electron chi connectivity index (χ2n) is 6.96. The van der Waals surface area contributed by atoms with Gasteiger partial charge in [-0.2, -0.15) is 0 Å². The van der Waals surface area contributed by atoms with Gasteiger partial charge in [-0.1, -0.05) is 42.5 Å². The Hall–Kier alpha value is -2.37. The molecule has 2 amide bonds. The standard InChI is InChI=1S/C21H27N3O2.ClH/c1-15(2)24(16(3)25)14-17-10-12-19(13-11-17)23-20(26)21(4,22)18-8-6-5-7-9-18;/h5-13,15H,14,22H2,1-4H3,(H,23,26);1H. The number of rotatable bonds is 6. The van der Waals surface area contributed by atoms with Gasteiger partial charge < -0.3 is 16.0 Å². The summed E-state index contributed by atoms with van der Waals surface area (Å²) in [6.07, 6.45) is 0. The van der Waals surface area contributed by atoms with Crippen LogP contribution in [0.1, 0.15) is 38.8 Å². The van der Waals surface area contributed by atoms with Gasteiger partial charge in [0.15, 0.2) is 0 Å². The monoisotopic (exact) mass is 389 g/mol. The van der Waals surface area contributed by atoms with Crippen LogP contribution in [-0.4, -0.2) is 22.8 Å². The van der Waals surface area contributed by atoms with Crippen LogP contribution in [0, 0.1) is 0 Å². The Labute approximate surface area is 167 Å². The highest BCUT2D eigenvalue weighted by molar-refractivity contribution is 5.98. The minimum Gasteiger partial charge on any atom is -0.336 e. The zero-order valence-corrected chi connectivity index (χ0v) is 17.0. The molecule has 0 aliphatic rings. The molecule has 1 atom stereocenters. The Morgan fingerprint density at radius 2 is 1.63 bits per heavy atom. The Morgan fingerprint density at radius 3 is 2.11 bits per heavy atom. The molecule has 0 aliphatic heterocycles. The Bertz CT molecular complexity index is 759. The second kappa shape index (κ2) is 9.53. The van der Waals surface area contributed by atoms with Gasteiger partial charge in [-0.05, 0) is 44.0 Å². The number of halogens is 1. The lowest BCUT2D eigenvalue weighted by Crippen LogP contribution is -2.45. The summed E-state index contributed by atoms with van der Waals surface area (Å²) in [6.45, 7) is 7.78. The predicted octanol–water partition coefficient (Wildman–Crippen LogP) is 3.68. The first-order chi connectivity index (χ1) is 12.2. The molecule has 0 aliphatic carbocycles. The highest BCUT2D eigenvalue weighted by Crippen LogP contribution is 2.20. The van der Waals surface area contributed by atoms with Gasteiger partial charge in [0.05, 0.1) is 0 Å². The zero-order valence-electron chi connectivity index (χ0n) is 16.2. The second-order valence-corrected chi connectivity index (χ2v) is 6.96. The highest BCUT2D eigenvalue weighted by atomic mass is 35.5. The van der Waals surface area contributed by atoms with Gasteiger partial charge >= 0.3 is 0 Å². The topological polar surface area (TPSA) is 75.4 Å². The lowest BCUT2D eigenvalue weighted by atomic mass is 9.92. The van der Waals surface area contributed by atoms with Crippen LogP contribution in [0.15, 0.2) is 54.6 Å². The van der Waals surface area contributed by atoms with E-state index in [0.717, 1.165) is 11.1 Å². The van der Waals surface area contributed by atoms with Crippen LogP contribution < -0.4 is 11.1 Å². The number of hydrogen-bond donors (Lipinski definition) is 2. The van der Waals surface area contributed by atoms with Crippen molar-refractivity contribution in [3.8, 4) is 0 Å². The maximum absolute atomic E-state index is 12.6. The van der Waals surface area contributed by atoms with Crippen molar-refractivity contribution >= 4 is 29.9 Å². The van der Waals surface area contributed by atoms with Crippen LogP contribution >= 0.6 is 12.4 Å². The number of hydrogen-bond acceptors (Lipinski definition) is 3. The third-order valence-corrected chi connectivity index (χ3v) is 4.44. The Balaban J connectivity index is 0.00000364. The molecule has 27 heavy (non-hydrogen) atoms. The SMILES string of the molecule is CC(=O)N(Cc1ccc(NC(=O)C(C)(N)c2ccccc2)cc1)C(C)C.Cl. The molecule has 2 aromatic rings. The summed E-state index contributed by atoms with van der Waals surface area (Å²) in [6, 6.07) is 16.9. The van der Waals surface area contributed by atoms with E-state index in [1.54, 1.807) is 18.7 Å². The number of nitrogens with two attached hydrogens (primary N) is 1. The average Bonchev–Trinajstić information content (AvgIpc) is 2.61. The number of benzene rings is 2. The molecular weight excluding hydrogens is 362 g/mol. The molecule has 5 nitrogen and oxygen atoms in total. The number of carbonyl (C=O) groups excluding carboxylic acids is 2. The van der Waals surface area contributed by atoms with E-state index < -0.39 is 5.54 Å². The van der Waals surface area contributed by atoms with Gasteiger partial charge in [0.1, 0.15) is 5.54 Å². The van der Waals surface area contributed by atoms with Gasteiger partial charge in [-0.25, -0.2) is 0 Å². The van der Waals surface area contributed by atoms with Crippen molar-refractivity contribution in [3.05, 3.63) is 65.7 Å². The van der Waals surface area contributed by atoms with E-state index in [2.05, 4.69) is 5.32 Å². The normalized spacial score (nSPS) is 12.7. The fourth-order valence-corrected chi connectivity index (χ4v) is 2.72. The van der Waals surface area contributed by atoms with Crippen LogP contribution in [0.2, 0.25) is 0 Å². The van der Waals surface area contributed by atoms with Crippen molar-refractivity contribution in [1.82, 2.24) is 4.90 Å². The molecule has 2 aromatic carbocycles. The van der Waals surface area contributed by atoms with Crippen molar-refractivity contribution in [1.29, 1.82) is 0 Å². The van der Waals surface area contributed by atoms with E-state index in [-0.39, 0.29) is 30.3 Å². The summed E-state index contributed by atoms with van der Waals surface area (Å²) in [5.74, 6) is -0.233. The zero-order chi connectivity index (χ0) is 19.3. The fraction of sp³-hybridized carbons (Fsp3) is 0.333. The van der Waals surface area contributed by atoms with Gasteiger partial charge in [-0.15, -0.1) is 12.4 Å². The maximum Gasteiger partial charge on any atom is 0.248 e. The van der Waals surface area contributed by atoms with E-state index >= 15 is 0 Å². The summed E-state index contributed by atoms with van der Waals surface area (Å²) < 4.78 is 0. The molecule has 0 fully saturated rings. The van der Waals surface area contributed by atoms with Gasteiger partial charge in [0.25, 0.3) is 0 Å². The molecule has 0 bridgehead atoms. The molecule has 6 heteroatoms. The van der Waals surface area contributed by atoms with Crippen LogP contribution in [0.4, 0.5) is 5.69 Å². The number of nitrogens with one attached hydrogen (secondary N) is 1. The molecule has 0 aromatic heterocycles. The van der Waals surface area contributed by atoms with Crippen molar-refractivity contribution < 1.29 is 9.59 Å². The first-order valence-corrected chi connectivity index (χ1v) is 8.74. The van der Waals surface area contributed by atoms with E-state index in [9.17, 15) is 9.59 Å². The highest BCUT2D eigenvalue weighted by Gasteiger charge is 2.30. The van der Waals surface area contributed by atoms with Crippen LogP contribution in [0.25, 0.3) is 0 Å². The third kappa shape index (κ3) is 5.81. The Kier molecular flexibility index (Phi) is 8.00. The van der Waals surface area contributed by atoms with Crippen molar-refractivity contribution in [2.75, 3.05) is 5.32 Å². The van der Waals surface area contributed by atoms with E-state index in [4.69, 9.17) is 5.73 Å². The number of amides is 2. The first-order valence-electron chi connectivity index (χ1n) is 8.74. The number of nitrogens with zero attached hydrogens (tertiary/aromatic N) is 1. The lowest BCUT2D eigenvalue weighted by molar-refractivity contribution is -0.131. The molecule has 0 radical (unpaired) electrons. The summed E-state index contributed by atoms with van der Waals surface area (Å²) in [5, 5.41) is 2.86. The van der Waals surface area contributed by atoms with Crippen molar-refractivity contribution in [2.24, 2.45) is 5.73 Å². The molecule has 0 spiro atoms. The minimum atomic E-state index is -1.12. The fourth-order valence-electron chi connectivity index (χ4n) is 2.72. The van der Waals surface area contributed by atoms with Gasteiger partial charge in [0.2, 0.25) is 11.8 Å². The van der Waals surface area contributed by atoms with Crippen LogP contribution in [0.5, 0.6) is 0 Å². The summed E-state index contributed by atoms with van der Waals surface area (Å²) >= 11 is 0. The van der Waals surface area contributed by atoms with E-state index in [0.29, 0.717) is 12.2 Å². The van der Waals surface area contributed by atoms with Crippen molar-refractivity contribution in [3.63, 3.8) is 0 Å². The smallest absolute Gasteiger partial charge is 0.248 e. The minimum absolute atomic E-state index is 0. The molecule has 2 rings (SSSR count). The summed E-state index contributed by atoms with van der Waals surface area (Å²) in [5.41, 5.74) is 7.54. The number of carbonyl (C=O) groups is 2. The van der Waals surface area contributed by atoms with Crippen LogP contribution in [0.3, 0.4) is 0 Å². The molecule has 1 unspecified atom stereocenters. The molecular formula is C21H28ClN3O2. The van der Waals surface area contributed by atoms with E-state index in [1.165, 1.54) is 0 Å². The lowest BCUT2D eigenvalue weighted by Gasteiger charge is -2.26. The summed E-state index contributed by atoms with van der Waals surface area (Å²) in [7, 11) is 0. The maximum atomic E-state index is 12.6. The first kappa shape index (κ1) is 22.7. The largest absolute Gasteiger partial charge is 0.336 e. The van der Waals surface area contributed by atoms with Gasteiger partial charge in [0, 0.05) is 25.2 Å².